The van der Waals surface area contributed by atoms with Crippen LogP contribution in [-0.2, 0) is 6.54 Å². The zero-order valence-corrected chi connectivity index (χ0v) is 12.8. The number of nitrogens with one attached hydrogen (secondary N) is 1. The van der Waals surface area contributed by atoms with Gasteiger partial charge in [0.05, 0.1) is 5.69 Å². The van der Waals surface area contributed by atoms with Crippen LogP contribution in [-0.4, -0.2) is 24.1 Å². The molecule has 0 aromatic carbocycles. The molecule has 1 aromatic heterocycles. The van der Waals surface area contributed by atoms with Crippen molar-refractivity contribution in [1.82, 2.24) is 10.3 Å². The lowest BCUT2D eigenvalue weighted by Crippen LogP contribution is -2.41. The monoisotopic (exact) mass is 267 g/mol. The second-order valence-corrected chi connectivity index (χ2v) is 6.53. The van der Waals surface area contributed by atoms with Gasteiger partial charge < -0.3 is 10.2 Å². The van der Waals surface area contributed by atoms with Crippen LogP contribution in [0.15, 0.2) is 0 Å². The molecular formula is C14H25N3S. The Hall–Kier alpha value is -0.610. The summed E-state index contributed by atoms with van der Waals surface area (Å²) in [6, 6.07) is 0.638. The predicted molar refractivity (Wildman–Crippen MR) is 79.4 cm³/mol. The zero-order chi connectivity index (χ0) is 13.1. The Balaban J connectivity index is 2.12. The van der Waals surface area contributed by atoms with Gasteiger partial charge in [0.1, 0.15) is 0 Å². The van der Waals surface area contributed by atoms with E-state index in [0.29, 0.717) is 6.04 Å². The average molecular weight is 267 g/mol. The quantitative estimate of drug-likeness (QED) is 0.908. The standard InChI is InChI=1S/C14H25N3S/c1-5-15-8-13-12(4)16-14(18-13)17-9-10(2)6-7-11(17)3/h10-11,15H,5-9H2,1-4H3. The molecule has 1 aliphatic rings. The van der Waals surface area contributed by atoms with Gasteiger partial charge in [-0.25, -0.2) is 4.98 Å². The largest absolute Gasteiger partial charge is 0.345 e. The highest BCUT2D eigenvalue weighted by atomic mass is 32.1. The van der Waals surface area contributed by atoms with Gasteiger partial charge in [0, 0.05) is 24.0 Å². The second-order valence-electron chi connectivity index (χ2n) is 5.47. The summed E-state index contributed by atoms with van der Waals surface area (Å²) in [7, 11) is 0. The van der Waals surface area contributed by atoms with Crippen molar-refractivity contribution in [2.45, 2.75) is 53.1 Å². The van der Waals surface area contributed by atoms with Gasteiger partial charge in [-0.1, -0.05) is 13.8 Å². The van der Waals surface area contributed by atoms with Crippen LogP contribution >= 0.6 is 11.3 Å². The average Bonchev–Trinajstić information content (AvgIpc) is 2.71. The highest BCUT2D eigenvalue weighted by Gasteiger charge is 2.25. The molecule has 1 aromatic rings. The fourth-order valence-corrected chi connectivity index (χ4v) is 3.64. The van der Waals surface area contributed by atoms with Crippen LogP contribution in [0, 0.1) is 12.8 Å². The van der Waals surface area contributed by atoms with E-state index in [1.165, 1.54) is 28.5 Å². The Morgan fingerprint density at radius 2 is 2.17 bits per heavy atom. The van der Waals surface area contributed by atoms with Gasteiger partial charge in [-0.05, 0) is 39.2 Å². The van der Waals surface area contributed by atoms with Crippen molar-refractivity contribution in [1.29, 1.82) is 0 Å². The van der Waals surface area contributed by atoms with E-state index < -0.39 is 0 Å². The third-order valence-corrected chi connectivity index (χ3v) is 4.97. The van der Waals surface area contributed by atoms with Crippen LogP contribution in [0.25, 0.3) is 0 Å². The first kappa shape index (κ1) is 13.8. The molecule has 0 spiro atoms. The predicted octanol–water partition coefficient (Wildman–Crippen LogP) is 3.19. The molecule has 0 aliphatic carbocycles. The smallest absolute Gasteiger partial charge is 0.186 e. The van der Waals surface area contributed by atoms with Crippen molar-refractivity contribution in [3.05, 3.63) is 10.6 Å². The molecule has 1 aliphatic heterocycles. The van der Waals surface area contributed by atoms with E-state index in [4.69, 9.17) is 4.98 Å². The molecule has 0 radical (unpaired) electrons. The Morgan fingerprint density at radius 1 is 1.39 bits per heavy atom. The van der Waals surface area contributed by atoms with Crippen molar-refractivity contribution in [3.8, 4) is 0 Å². The molecule has 2 heterocycles. The first-order valence-electron chi connectivity index (χ1n) is 7.05. The number of aryl methyl sites for hydroxylation is 1. The summed E-state index contributed by atoms with van der Waals surface area (Å²) < 4.78 is 0. The number of anilines is 1. The van der Waals surface area contributed by atoms with Crippen molar-refractivity contribution in [2.75, 3.05) is 18.0 Å². The van der Waals surface area contributed by atoms with Gasteiger partial charge in [-0.3, -0.25) is 0 Å². The molecule has 2 unspecified atom stereocenters. The molecular weight excluding hydrogens is 242 g/mol. The van der Waals surface area contributed by atoms with E-state index >= 15 is 0 Å². The van der Waals surface area contributed by atoms with Gasteiger partial charge in [-0.2, -0.15) is 0 Å². The number of hydrogen-bond donors (Lipinski definition) is 1. The van der Waals surface area contributed by atoms with Crippen LogP contribution in [0.3, 0.4) is 0 Å². The molecule has 0 amide bonds. The van der Waals surface area contributed by atoms with Crippen LogP contribution in [0.5, 0.6) is 0 Å². The van der Waals surface area contributed by atoms with Crippen LogP contribution < -0.4 is 10.2 Å². The Morgan fingerprint density at radius 3 is 2.89 bits per heavy atom. The van der Waals surface area contributed by atoms with Crippen LogP contribution in [0.2, 0.25) is 0 Å². The topological polar surface area (TPSA) is 28.2 Å². The summed E-state index contributed by atoms with van der Waals surface area (Å²) in [6.45, 7) is 12.1. The molecule has 102 valence electrons. The summed E-state index contributed by atoms with van der Waals surface area (Å²) in [6.07, 6.45) is 2.65. The lowest BCUT2D eigenvalue weighted by atomic mass is 9.96. The van der Waals surface area contributed by atoms with E-state index in [-0.39, 0.29) is 0 Å². The summed E-state index contributed by atoms with van der Waals surface area (Å²) in [5.41, 5.74) is 1.20. The number of hydrogen-bond acceptors (Lipinski definition) is 4. The summed E-state index contributed by atoms with van der Waals surface area (Å²) in [5.74, 6) is 0.794. The number of rotatable bonds is 4. The molecule has 3 nitrogen and oxygen atoms in total. The van der Waals surface area contributed by atoms with Crippen molar-refractivity contribution in [2.24, 2.45) is 5.92 Å². The van der Waals surface area contributed by atoms with Gasteiger partial charge in [0.25, 0.3) is 0 Å². The zero-order valence-electron chi connectivity index (χ0n) is 12.0. The highest BCUT2D eigenvalue weighted by Crippen LogP contribution is 2.32. The number of thiazole rings is 1. The maximum absolute atomic E-state index is 4.78. The highest BCUT2D eigenvalue weighted by molar-refractivity contribution is 7.15. The number of aromatic nitrogens is 1. The lowest BCUT2D eigenvalue weighted by molar-refractivity contribution is 0.390. The van der Waals surface area contributed by atoms with Gasteiger partial charge in [-0.15, -0.1) is 11.3 Å². The number of nitrogens with zero attached hydrogens (tertiary/aromatic N) is 2. The molecule has 0 saturated carbocycles. The van der Waals surface area contributed by atoms with Crippen LogP contribution in [0.4, 0.5) is 5.13 Å². The fraction of sp³-hybridized carbons (Fsp3) is 0.786. The third kappa shape index (κ3) is 3.04. The first-order chi connectivity index (χ1) is 8.61. The van der Waals surface area contributed by atoms with Crippen LogP contribution in [0.1, 0.15) is 44.2 Å². The van der Waals surface area contributed by atoms with E-state index in [1.54, 1.807) is 0 Å². The fourth-order valence-electron chi connectivity index (χ4n) is 2.49. The Bertz CT molecular complexity index is 388. The Kier molecular flexibility index (Phi) is 4.62. The van der Waals surface area contributed by atoms with Crippen molar-refractivity contribution < 1.29 is 0 Å². The van der Waals surface area contributed by atoms with Crippen molar-refractivity contribution >= 4 is 16.5 Å². The minimum absolute atomic E-state index is 0.638. The minimum atomic E-state index is 0.638. The summed E-state index contributed by atoms with van der Waals surface area (Å²) >= 11 is 1.86. The minimum Gasteiger partial charge on any atom is -0.345 e. The van der Waals surface area contributed by atoms with Gasteiger partial charge in [0.2, 0.25) is 0 Å². The van der Waals surface area contributed by atoms with E-state index in [9.17, 15) is 0 Å². The van der Waals surface area contributed by atoms with Crippen molar-refractivity contribution in [3.63, 3.8) is 0 Å². The molecule has 1 fully saturated rings. The summed E-state index contributed by atoms with van der Waals surface area (Å²) in [4.78, 5) is 8.66. The molecule has 2 rings (SSSR count). The maximum Gasteiger partial charge on any atom is 0.186 e. The molecule has 1 N–H and O–H groups in total. The molecule has 18 heavy (non-hydrogen) atoms. The SMILES string of the molecule is CCNCc1sc(N2CC(C)CCC2C)nc1C. The van der Waals surface area contributed by atoms with E-state index in [0.717, 1.165) is 25.6 Å². The maximum atomic E-state index is 4.78. The number of piperidine rings is 1. The Labute approximate surface area is 115 Å². The second kappa shape index (κ2) is 6.02. The van der Waals surface area contributed by atoms with Gasteiger partial charge >= 0.3 is 0 Å². The van der Waals surface area contributed by atoms with E-state index in [1.807, 2.05) is 11.3 Å². The normalized spacial score (nSPS) is 24.6. The molecule has 0 bridgehead atoms. The lowest BCUT2D eigenvalue weighted by Gasteiger charge is -2.36. The summed E-state index contributed by atoms with van der Waals surface area (Å²) in [5, 5.41) is 4.62. The van der Waals surface area contributed by atoms with Gasteiger partial charge in [0.15, 0.2) is 5.13 Å². The molecule has 4 heteroatoms. The first-order valence-corrected chi connectivity index (χ1v) is 7.87. The third-order valence-electron chi connectivity index (χ3n) is 3.78. The molecule has 1 saturated heterocycles. The molecule has 2 atom stereocenters. The van der Waals surface area contributed by atoms with E-state index in [2.05, 4.69) is 37.9 Å².